The van der Waals surface area contributed by atoms with Crippen molar-refractivity contribution in [2.75, 3.05) is 13.2 Å². The number of nitrogens with one attached hydrogen (secondary N) is 2. The summed E-state index contributed by atoms with van der Waals surface area (Å²) in [4.78, 5) is 25.1. The first-order valence-corrected chi connectivity index (χ1v) is 15.8. The fraction of sp³-hybridized carbons (Fsp3) is 0.235. The number of carbonyl (C=O) groups excluding carboxylic acids is 2. The van der Waals surface area contributed by atoms with E-state index in [4.69, 9.17) is 65.4 Å². The van der Waals surface area contributed by atoms with Crippen molar-refractivity contribution >= 4 is 58.2 Å². The molecule has 0 aliphatic heterocycles. The van der Waals surface area contributed by atoms with Crippen LogP contribution in [-0.4, -0.2) is 37.2 Å². The number of halogens is 4. The first kappa shape index (κ1) is 35.0. The Morgan fingerprint density at radius 2 is 1.02 bits per heavy atom. The van der Waals surface area contributed by atoms with Gasteiger partial charge in [-0.3, -0.25) is 9.59 Å². The van der Waals surface area contributed by atoms with E-state index in [-0.39, 0.29) is 24.9 Å². The highest BCUT2D eigenvalue weighted by Gasteiger charge is 2.17. The summed E-state index contributed by atoms with van der Waals surface area (Å²) in [7, 11) is 0. The first-order valence-electron chi connectivity index (χ1n) is 14.3. The van der Waals surface area contributed by atoms with E-state index in [9.17, 15) is 9.59 Å². The topological polar surface area (TPSA) is 95.1 Å². The van der Waals surface area contributed by atoms with E-state index in [1.54, 1.807) is 50.2 Å². The lowest BCUT2D eigenvalue weighted by Gasteiger charge is -2.16. The molecule has 0 aromatic heterocycles. The Balaban J connectivity index is 1.17. The van der Waals surface area contributed by atoms with Gasteiger partial charge in [-0.15, -0.1) is 0 Å². The molecule has 2 atom stereocenters. The molecule has 12 heteroatoms. The Morgan fingerprint density at radius 1 is 0.609 bits per heavy atom. The van der Waals surface area contributed by atoms with E-state index >= 15 is 0 Å². The van der Waals surface area contributed by atoms with Gasteiger partial charge >= 0.3 is 0 Å². The van der Waals surface area contributed by atoms with Crippen LogP contribution in [-0.2, 0) is 22.7 Å². The van der Waals surface area contributed by atoms with Crippen molar-refractivity contribution in [1.82, 2.24) is 10.6 Å². The molecule has 0 bridgehead atoms. The Morgan fingerprint density at radius 3 is 1.41 bits per heavy atom. The molecule has 0 saturated carbocycles. The van der Waals surface area contributed by atoms with Crippen molar-refractivity contribution in [1.29, 1.82) is 0 Å². The molecule has 2 amide bonds. The zero-order valence-electron chi connectivity index (χ0n) is 25.0. The van der Waals surface area contributed by atoms with Crippen LogP contribution in [0.5, 0.6) is 23.0 Å². The minimum absolute atomic E-state index is 0.289. The van der Waals surface area contributed by atoms with Crippen molar-refractivity contribution in [2.45, 2.75) is 39.1 Å². The van der Waals surface area contributed by atoms with E-state index in [1.165, 1.54) is 0 Å². The van der Waals surface area contributed by atoms with E-state index in [1.807, 2.05) is 48.5 Å². The van der Waals surface area contributed by atoms with Crippen molar-refractivity contribution in [3.05, 3.63) is 116 Å². The molecule has 8 nitrogen and oxygen atoms in total. The fourth-order valence-electron chi connectivity index (χ4n) is 4.10. The van der Waals surface area contributed by atoms with Crippen LogP contribution in [0.15, 0.2) is 84.9 Å². The van der Waals surface area contributed by atoms with E-state index in [2.05, 4.69) is 10.6 Å². The van der Waals surface area contributed by atoms with Gasteiger partial charge in [0.15, 0.2) is 12.2 Å². The van der Waals surface area contributed by atoms with Crippen molar-refractivity contribution in [2.24, 2.45) is 0 Å². The minimum atomic E-state index is -0.762. The number of ether oxygens (including phenoxy) is 4. The summed E-state index contributed by atoms with van der Waals surface area (Å²) in [5.41, 5.74) is 1.71. The Labute approximate surface area is 287 Å². The summed E-state index contributed by atoms with van der Waals surface area (Å²) in [5, 5.41) is 7.33. The Kier molecular flexibility index (Phi) is 13.1. The third-order valence-electron chi connectivity index (χ3n) is 6.48. The first-order chi connectivity index (χ1) is 22.1. The minimum Gasteiger partial charge on any atom is -0.490 e. The molecule has 0 aliphatic rings. The lowest BCUT2D eigenvalue weighted by Crippen LogP contribution is -2.35. The van der Waals surface area contributed by atoms with Crippen molar-refractivity contribution < 1.29 is 28.5 Å². The van der Waals surface area contributed by atoms with Crippen LogP contribution in [0, 0.1) is 0 Å². The standard InChI is InChI=1S/C34H32Cl4N2O6/c1-21(45-31-11-9-25(35)17-29(31)37)33(41)39-19-23-5-3-7-27(15-23)43-13-14-44-28-8-4-6-24(16-28)20-40-34(42)22(2)46-32-12-10-26(36)18-30(32)38/h3-12,15-18,21-22H,13-14,19-20H2,1-2H3,(H,39,41)(H,40,42). The van der Waals surface area contributed by atoms with Gasteiger partial charge in [0.2, 0.25) is 0 Å². The highest BCUT2D eigenvalue weighted by atomic mass is 35.5. The molecule has 2 N–H and O–H groups in total. The number of rotatable bonds is 15. The van der Waals surface area contributed by atoms with Crippen LogP contribution in [0.1, 0.15) is 25.0 Å². The summed E-state index contributed by atoms with van der Waals surface area (Å²) in [6.07, 6.45) is -1.52. The fourth-order valence-corrected chi connectivity index (χ4v) is 5.01. The quantitative estimate of drug-likeness (QED) is 0.122. The average Bonchev–Trinajstić information content (AvgIpc) is 3.03. The van der Waals surface area contributed by atoms with Crippen LogP contribution >= 0.6 is 46.4 Å². The van der Waals surface area contributed by atoms with E-state index in [0.717, 1.165) is 11.1 Å². The summed E-state index contributed by atoms with van der Waals surface area (Å²) in [6.45, 7) is 4.46. The zero-order valence-corrected chi connectivity index (χ0v) is 28.1. The van der Waals surface area contributed by atoms with Crippen molar-refractivity contribution in [3.8, 4) is 23.0 Å². The van der Waals surface area contributed by atoms with Gasteiger partial charge in [-0.1, -0.05) is 70.7 Å². The Hall–Kier alpha value is -3.82. The molecule has 46 heavy (non-hydrogen) atoms. The lowest BCUT2D eigenvalue weighted by atomic mass is 10.2. The Bertz CT molecular complexity index is 1530. The third-order valence-corrected chi connectivity index (χ3v) is 7.55. The van der Waals surface area contributed by atoms with Crippen LogP contribution in [0.2, 0.25) is 20.1 Å². The molecule has 2 unspecified atom stereocenters. The number of amides is 2. The average molecular weight is 706 g/mol. The molecule has 0 radical (unpaired) electrons. The SMILES string of the molecule is CC(Oc1ccc(Cl)cc1Cl)C(=O)NCc1cccc(OCCOc2cccc(CNC(=O)C(C)Oc3ccc(Cl)cc3Cl)c2)c1. The highest BCUT2D eigenvalue weighted by Crippen LogP contribution is 2.29. The van der Waals surface area contributed by atoms with Gasteiger partial charge in [0.1, 0.15) is 36.2 Å². The van der Waals surface area contributed by atoms with E-state index < -0.39 is 12.2 Å². The number of hydrogen-bond donors (Lipinski definition) is 2. The van der Waals surface area contributed by atoms with Gasteiger partial charge in [-0.05, 0) is 85.6 Å². The van der Waals surface area contributed by atoms with E-state index in [0.29, 0.717) is 56.3 Å². The molecule has 4 rings (SSSR count). The van der Waals surface area contributed by atoms with Crippen LogP contribution in [0.4, 0.5) is 0 Å². The van der Waals surface area contributed by atoms with Gasteiger partial charge in [0.25, 0.3) is 11.8 Å². The molecule has 0 fully saturated rings. The van der Waals surface area contributed by atoms with Crippen LogP contribution in [0.25, 0.3) is 0 Å². The van der Waals surface area contributed by atoms with Gasteiger partial charge in [-0.2, -0.15) is 0 Å². The smallest absolute Gasteiger partial charge is 0.261 e. The second-order valence-electron chi connectivity index (χ2n) is 10.1. The van der Waals surface area contributed by atoms with Crippen molar-refractivity contribution in [3.63, 3.8) is 0 Å². The van der Waals surface area contributed by atoms with Crippen LogP contribution in [0.3, 0.4) is 0 Å². The van der Waals surface area contributed by atoms with Gasteiger partial charge in [-0.25, -0.2) is 0 Å². The monoisotopic (exact) mass is 704 g/mol. The third kappa shape index (κ3) is 10.9. The van der Waals surface area contributed by atoms with Gasteiger partial charge < -0.3 is 29.6 Å². The number of hydrogen-bond acceptors (Lipinski definition) is 6. The lowest BCUT2D eigenvalue weighted by molar-refractivity contribution is -0.128. The molecular formula is C34H32Cl4N2O6. The predicted octanol–water partition coefficient (Wildman–Crippen LogP) is 7.93. The maximum Gasteiger partial charge on any atom is 0.261 e. The zero-order chi connectivity index (χ0) is 33.1. The molecule has 242 valence electrons. The molecule has 0 heterocycles. The maximum atomic E-state index is 12.6. The van der Waals surface area contributed by atoms with Crippen LogP contribution < -0.4 is 29.6 Å². The summed E-state index contributed by atoms with van der Waals surface area (Å²) < 4.78 is 23.0. The molecule has 4 aromatic rings. The number of benzene rings is 4. The van der Waals surface area contributed by atoms with Gasteiger partial charge in [0, 0.05) is 23.1 Å². The summed E-state index contributed by atoms with van der Waals surface area (Å²) >= 11 is 24.1. The normalized spacial score (nSPS) is 12.0. The predicted molar refractivity (Wildman–Crippen MR) is 181 cm³/mol. The second-order valence-corrected chi connectivity index (χ2v) is 11.8. The largest absolute Gasteiger partial charge is 0.490 e. The molecule has 0 aliphatic carbocycles. The highest BCUT2D eigenvalue weighted by molar-refractivity contribution is 6.36. The summed E-state index contributed by atoms with van der Waals surface area (Å²) in [6, 6.07) is 24.4. The maximum absolute atomic E-state index is 12.6. The molecule has 0 spiro atoms. The molecule has 0 saturated heterocycles. The summed E-state index contributed by atoms with van der Waals surface area (Å²) in [5.74, 6) is 1.45. The van der Waals surface area contributed by atoms with Gasteiger partial charge in [0.05, 0.1) is 10.0 Å². The molecular weight excluding hydrogens is 674 g/mol. The number of carbonyl (C=O) groups is 2. The second kappa shape index (κ2) is 17.2. The molecule has 4 aromatic carbocycles.